The number of nitrogens with one attached hydrogen (secondary N) is 2. The zero-order valence-corrected chi connectivity index (χ0v) is 14.1. The SMILES string of the molecule is CCN1CCCCC1CNC(=O)NCCc1ccc(CO)cc1. The topological polar surface area (TPSA) is 64.6 Å². The highest BCUT2D eigenvalue weighted by atomic mass is 16.3. The first-order valence-corrected chi connectivity index (χ1v) is 8.67. The van der Waals surface area contributed by atoms with Gasteiger partial charge in [0, 0.05) is 19.1 Å². The first kappa shape index (κ1) is 17.8. The standard InChI is InChI=1S/C18H29N3O2/c1-2-21-12-4-3-5-17(21)13-20-18(23)19-11-10-15-6-8-16(14-22)9-7-15/h6-9,17,22H,2-5,10-14H2,1H3,(H2,19,20,23). The Balaban J connectivity index is 1.64. The van der Waals surface area contributed by atoms with Gasteiger partial charge in [0.25, 0.3) is 0 Å². The number of aliphatic hydroxyl groups is 1. The van der Waals surface area contributed by atoms with Crippen LogP contribution in [-0.2, 0) is 13.0 Å². The van der Waals surface area contributed by atoms with Gasteiger partial charge in [0.05, 0.1) is 6.61 Å². The van der Waals surface area contributed by atoms with E-state index in [1.165, 1.54) is 19.3 Å². The van der Waals surface area contributed by atoms with Crippen molar-refractivity contribution in [3.63, 3.8) is 0 Å². The molecule has 1 aliphatic heterocycles. The molecule has 1 aromatic carbocycles. The summed E-state index contributed by atoms with van der Waals surface area (Å²) in [5, 5.41) is 14.9. The van der Waals surface area contributed by atoms with Crippen LogP contribution in [0.1, 0.15) is 37.3 Å². The van der Waals surface area contributed by atoms with Gasteiger partial charge in [-0.05, 0) is 43.5 Å². The van der Waals surface area contributed by atoms with Crippen LogP contribution in [0.3, 0.4) is 0 Å². The number of nitrogens with zero attached hydrogens (tertiary/aromatic N) is 1. The van der Waals surface area contributed by atoms with Crippen molar-refractivity contribution in [3.8, 4) is 0 Å². The molecular formula is C18H29N3O2. The molecule has 5 heteroatoms. The molecule has 1 unspecified atom stereocenters. The van der Waals surface area contributed by atoms with Crippen LogP contribution in [0.15, 0.2) is 24.3 Å². The minimum atomic E-state index is -0.0846. The number of rotatable bonds is 7. The van der Waals surface area contributed by atoms with Crippen molar-refractivity contribution < 1.29 is 9.90 Å². The molecule has 128 valence electrons. The zero-order valence-electron chi connectivity index (χ0n) is 14.1. The van der Waals surface area contributed by atoms with Gasteiger partial charge in [0.2, 0.25) is 0 Å². The Kier molecular flexibility index (Phi) is 7.36. The number of likely N-dealkylation sites (tertiary alicyclic amines) is 1. The molecular weight excluding hydrogens is 290 g/mol. The smallest absolute Gasteiger partial charge is 0.314 e. The number of carbonyl (C=O) groups is 1. The molecule has 1 aromatic rings. The van der Waals surface area contributed by atoms with E-state index in [0.717, 1.165) is 37.2 Å². The Morgan fingerprint density at radius 2 is 1.96 bits per heavy atom. The fourth-order valence-electron chi connectivity index (χ4n) is 3.11. The highest BCUT2D eigenvalue weighted by Crippen LogP contribution is 2.15. The summed E-state index contributed by atoms with van der Waals surface area (Å²) in [6.45, 7) is 5.79. The zero-order chi connectivity index (χ0) is 16.5. The second kappa shape index (κ2) is 9.53. The van der Waals surface area contributed by atoms with Crippen molar-refractivity contribution in [2.45, 2.75) is 45.3 Å². The molecule has 2 amide bonds. The molecule has 23 heavy (non-hydrogen) atoms. The lowest BCUT2D eigenvalue weighted by atomic mass is 10.0. The first-order chi connectivity index (χ1) is 11.2. The highest BCUT2D eigenvalue weighted by molar-refractivity contribution is 5.73. The van der Waals surface area contributed by atoms with Gasteiger partial charge in [-0.25, -0.2) is 4.79 Å². The van der Waals surface area contributed by atoms with Crippen LogP contribution >= 0.6 is 0 Å². The van der Waals surface area contributed by atoms with Gasteiger partial charge in [0.15, 0.2) is 0 Å². The summed E-state index contributed by atoms with van der Waals surface area (Å²) in [6.07, 6.45) is 4.49. The molecule has 0 saturated carbocycles. The van der Waals surface area contributed by atoms with Gasteiger partial charge < -0.3 is 15.7 Å². The lowest BCUT2D eigenvalue weighted by Gasteiger charge is -2.34. The Bertz CT molecular complexity index is 476. The molecule has 0 aromatic heterocycles. The van der Waals surface area contributed by atoms with Crippen LogP contribution in [0.5, 0.6) is 0 Å². The predicted octanol–water partition coefficient (Wildman–Crippen LogP) is 1.89. The number of urea groups is 1. The van der Waals surface area contributed by atoms with Crippen molar-refractivity contribution in [1.29, 1.82) is 0 Å². The van der Waals surface area contributed by atoms with E-state index >= 15 is 0 Å². The second-order valence-electron chi connectivity index (χ2n) is 6.14. The van der Waals surface area contributed by atoms with Gasteiger partial charge in [0.1, 0.15) is 0 Å². The summed E-state index contributed by atoms with van der Waals surface area (Å²) >= 11 is 0. The third-order valence-corrected chi connectivity index (χ3v) is 4.56. The Morgan fingerprint density at radius 3 is 2.65 bits per heavy atom. The van der Waals surface area contributed by atoms with E-state index in [1.807, 2.05) is 24.3 Å². The summed E-state index contributed by atoms with van der Waals surface area (Å²) in [5.74, 6) is 0. The summed E-state index contributed by atoms with van der Waals surface area (Å²) in [6, 6.07) is 8.21. The van der Waals surface area contributed by atoms with Crippen LogP contribution in [0.2, 0.25) is 0 Å². The number of likely N-dealkylation sites (N-methyl/N-ethyl adjacent to an activating group) is 1. The number of hydrogen-bond donors (Lipinski definition) is 3. The number of aliphatic hydroxyl groups excluding tert-OH is 1. The Labute approximate surface area is 139 Å². The maximum atomic E-state index is 11.9. The maximum Gasteiger partial charge on any atom is 0.314 e. The third-order valence-electron chi connectivity index (χ3n) is 4.56. The van der Waals surface area contributed by atoms with Gasteiger partial charge in [-0.2, -0.15) is 0 Å². The molecule has 2 rings (SSSR count). The van der Waals surface area contributed by atoms with Crippen LogP contribution in [0.25, 0.3) is 0 Å². The second-order valence-corrected chi connectivity index (χ2v) is 6.14. The summed E-state index contributed by atoms with van der Waals surface area (Å²) < 4.78 is 0. The van der Waals surface area contributed by atoms with Crippen molar-refractivity contribution in [3.05, 3.63) is 35.4 Å². The number of carbonyl (C=O) groups excluding carboxylic acids is 1. The fraction of sp³-hybridized carbons (Fsp3) is 0.611. The molecule has 0 bridgehead atoms. The van der Waals surface area contributed by atoms with Gasteiger partial charge in [-0.3, -0.25) is 4.90 Å². The number of hydrogen-bond acceptors (Lipinski definition) is 3. The average molecular weight is 319 g/mol. The van der Waals surface area contributed by atoms with Crippen LogP contribution in [0.4, 0.5) is 4.79 Å². The van der Waals surface area contributed by atoms with E-state index in [0.29, 0.717) is 12.6 Å². The summed E-state index contributed by atoms with van der Waals surface area (Å²) in [7, 11) is 0. The lowest BCUT2D eigenvalue weighted by molar-refractivity contribution is 0.153. The van der Waals surface area contributed by atoms with Crippen molar-refractivity contribution in [2.24, 2.45) is 0 Å². The molecule has 0 radical (unpaired) electrons. The third kappa shape index (κ3) is 5.84. The number of benzene rings is 1. The number of piperidine rings is 1. The molecule has 1 saturated heterocycles. The Morgan fingerprint density at radius 1 is 1.22 bits per heavy atom. The van der Waals surface area contributed by atoms with Crippen LogP contribution < -0.4 is 10.6 Å². The summed E-state index contributed by atoms with van der Waals surface area (Å²) in [5.41, 5.74) is 2.07. The quantitative estimate of drug-likeness (QED) is 0.719. The van der Waals surface area contributed by atoms with Gasteiger partial charge in [-0.1, -0.05) is 37.6 Å². The fourth-order valence-corrected chi connectivity index (χ4v) is 3.11. The molecule has 1 atom stereocenters. The molecule has 5 nitrogen and oxygen atoms in total. The maximum absolute atomic E-state index is 11.9. The predicted molar refractivity (Wildman–Crippen MR) is 92.4 cm³/mol. The van der Waals surface area contributed by atoms with E-state index in [4.69, 9.17) is 5.11 Å². The molecule has 1 aliphatic rings. The lowest BCUT2D eigenvalue weighted by Crippen LogP contribution is -2.48. The van der Waals surface area contributed by atoms with Crippen molar-refractivity contribution >= 4 is 6.03 Å². The molecule has 1 fully saturated rings. The largest absolute Gasteiger partial charge is 0.392 e. The van der Waals surface area contributed by atoms with Gasteiger partial charge in [-0.15, -0.1) is 0 Å². The monoisotopic (exact) mass is 319 g/mol. The minimum Gasteiger partial charge on any atom is -0.392 e. The van der Waals surface area contributed by atoms with Crippen molar-refractivity contribution in [2.75, 3.05) is 26.2 Å². The van der Waals surface area contributed by atoms with Crippen LogP contribution in [-0.4, -0.2) is 48.3 Å². The Hall–Kier alpha value is -1.59. The summed E-state index contributed by atoms with van der Waals surface area (Å²) in [4.78, 5) is 14.3. The van der Waals surface area contributed by atoms with Crippen molar-refractivity contribution in [1.82, 2.24) is 15.5 Å². The first-order valence-electron chi connectivity index (χ1n) is 8.67. The normalized spacial score (nSPS) is 18.6. The molecule has 3 N–H and O–H groups in total. The van der Waals surface area contributed by atoms with E-state index in [9.17, 15) is 4.79 Å². The van der Waals surface area contributed by atoms with E-state index in [1.54, 1.807) is 0 Å². The van der Waals surface area contributed by atoms with E-state index in [2.05, 4.69) is 22.5 Å². The van der Waals surface area contributed by atoms with Gasteiger partial charge >= 0.3 is 6.03 Å². The number of amides is 2. The van der Waals surface area contributed by atoms with Crippen LogP contribution in [0, 0.1) is 0 Å². The van der Waals surface area contributed by atoms with E-state index in [-0.39, 0.29) is 12.6 Å². The molecule has 1 heterocycles. The molecule has 0 aliphatic carbocycles. The van der Waals surface area contributed by atoms with E-state index < -0.39 is 0 Å². The molecule has 0 spiro atoms. The minimum absolute atomic E-state index is 0.0663. The highest BCUT2D eigenvalue weighted by Gasteiger charge is 2.20. The average Bonchev–Trinajstić information content (AvgIpc) is 2.60.